The van der Waals surface area contributed by atoms with Crippen molar-refractivity contribution in [3.05, 3.63) is 70.2 Å². The van der Waals surface area contributed by atoms with Crippen LogP contribution in [0.3, 0.4) is 0 Å². The van der Waals surface area contributed by atoms with Crippen LogP contribution in [0.4, 0.5) is 0 Å². The van der Waals surface area contributed by atoms with Gasteiger partial charge in [0.05, 0.1) is 16.5 Å². The Bertz CT molecular complexity index is 1040. The number of ether oxygens (including phenoxy) is 1. The lowest BCUT2D eigenvalue weighted by Gasteiger charge is -2.23. The number of esters is 1. The van der Waals surface area contributed by atoms with Crippen LogP contribution in [-0.2, 0) is 22.4 Å². The summed E-state index contributed by atoms with van der Waals surface area (Å²) in [6.07, 6.45) is 0.592. The molecule has 2 atom stereocenters. The minimum atomic E-state index is -0.470. The number of halogens is 1. The molecule has 4 rings (SSSR count). The van der Waals surface area contributed by atoms with E-state index in [1.165, 1.54) is 11.8 Å². The molecule has 2 aliphatic rings. The number of thioether (sulfide) groups is 1. The Morgan fingerprint density at radius 3 is 2.79 bits per heavy atom. The third-order valence-corrected chi connectivity index (χ3v) is 6.24. The maximum atomic E-state index is 12.3. The van der Waals surface area contributed by atoms with Gasteiger partial charge >= 0.3 is 5.97 Å². The van der Waals surface area contributed by atoms with Gasteiger partial charge in [-0.2, -0.15) is 5.10 Å². The fourth-order valence-electron chi connectivity index (χ4n) is 3.20. The van der Waals surface area contributed by atoms with Crippen molar-refractivity contribution in [2.24, 2.45) is 10.2 Å². The van der Waals surface area contributed by atoms with Crippen LogP contribution >= 0.6 is 23.4 Å². The highest BCUT2D eigenvalue weighted by Crippen LogP contribution is 2.27. The number of amides is 1. The van der Waals surface area contributed by atoms with Gasteiger partial charge in [0, 0.05) is 11.4 Å². The predicted octanol–water partition coefficient (Wildman–Crippen LogP) is 3.63. The van der Waals surface area contributed by atoms with Crippen LogP contribution in [0.25, 0.3) is 0 Å². The molecule has 0 radical (unpaired) electrons. The highest BCUT2D eigenvalue weighted by molar-refractivity contribution is 8.15. The summed E-state index contributed by atoms with van der Waals surface area (Å²) in [6.45, 7) is 1.76. The van der Waals surface area contributed by atoms with Crippen molar-refractivity contribution in [3.8, 4) is 0 Å². The molecule has 0 aromatic heterocycles. The van der Waals surface area contributed by atoms with Crippen molar-refractivity contribution in [3.63, 3.8) is 0 Å². The number of carbonyl (C=O) groups excluding carboxylic acids is 2. The first kappa shape index (κ1) is 19.7. The largest absolute Gasteiger partial charge is 0.452 e. The lowest BCUT2D eigenvalue weighted by molar-refractivity contribution is -0.118. The van der Waals surface area contributed by atoms with E-state index in [1.54, 1.807) is 19.1 Å². The second-order valence-corrected chi connectivity index (χ2v) is 8.39. The van der Waals surface area contributed by atoms with Crippen molar-refractivity contribution >= 4 is 46.1 Å². The Labute approximate surface area is 177 Å². The van der Waals surface area contributed by atoms with Gasteiger partial charge in [0.15, 0.2) is 5.17 Å². The third kappa shape index (κ3) is 4.36. The summed E-state index contributed by atoms with van der Waals surface area (Å²) in [5.41, 5.74) is 3.00. The fraction of sp³-hybridized carbons (Fsp3) is 0.238. The van der Waals surface area contributed by atoms with Gasteiger partial charge in [-0.15, -0.1) is 5.10 Å². The number of fused-ring (bicyclic) bond motifs is 1. The van der Waals surface area contributed by atoms with Gasteiger partial charge < -0.3 is 10.1 Å². The zero-order valence-corrected chi connectivity index (χ0v) is 17.2. The average molecular weight is 428 g/mol. The first-order valence-corrected chi connectivity index (χ1v) is 10.4. The van der Waals surface area contributed by atoms with Crippen molar-refractivity contribution < 1.29 is 14.3 Å². The summed E-state index contributed by atoms with van der Waals surface area (Å²) >= 11 is 7.50. The molecule has 1 N–H and O–H groups in total. The van der Waals surface area contributed by atoms with E-state index in [1.807, 2.05) is 36.4 Å². The van der Waals surface area contributed by atoms with E-state index >= 15 is 0 Å². The molecule has 29 heavy (non-hydrogen) atoms. The molecule has 0 spiro atoms. The topological polar surface area (TPSA) is 80.1 Å². The fourth-order valence-corrected chi connectivity index (χ4v) is 4.36. The summed E-state index contributed by atoms with van der Waals surface area (Å²) in [5, 5.41) is 11.8. The van der Waals surface area contributed by atoms with Gasteiger partial charge in [0.2, 0.25) is 5.91 Å². The number of nitrogens with one attached hydrogen (secondary N) is 1. The van der Waals surface area contributed by atoms with Crippen LogP contribution in [0, 0.1) is 0 Å². The zero-order chi connectivity index (χ0) is 20.4. The summed E-state index contributed by atoms with van der Waals surface area (Å²) in [6, 6.07) is 14.8. The Morgan fingerprint density at radius 2 is 1.97 bits per heavy atom. The number of hydrogen-bond donors (Lipinski definition) is 1. The van der Waals surface area contributed by atoms with E-state index in [0.29, 0.717) is 34.3 Å². The summed E-state index contributed by atoms with van der Waals surface area (Å²) in [7, 11) is 0. The van der Waals surface area contributed by atoms with E-state index < -0.39 is 6.10 Å². The molecule has 0 bridgehead atoms. The number of nitrogens with zero attached hydrogens (tertiary/aromatic N) is 2. The Hall–Kier alpha value is -2.64. The van der Waals surface area contributed by atoms with Crippen LogP contribution in [0.5, 0.6) is 0 Å². The third-order valence-electron chi connectivity index (χ3n) is 4.80. The van der Waals surface area contributed by atoms with Crippen LogP contribution in [0.1, 0.15) is 28.4 Å². The molecule has 2 heterocycles. The zero-order valence-electron chi connectivity index (χ0n) is 15.6. The molecule has 0 aliphatic carbocycles. The van der Waals surface area contributed by atoms with Crippen LogP contribution in [0.15, 0.2) is 58.7 Å². The molecule has 0 saturated carbocycles. The van der Waals surface area contributed by atoms with Crippen molar-refractivity contribution in [1.82, 2.24) is 5.32 Å². The summed E-state index contributed by atoms with van der Waals surface area (Å²) in [5.74, 6) is -0.484. The molecule has 1 fully saturated rings. The standard InChI is InChI=1S/C21H18ClN3O3S/c1-12(17-10-13-6-2-4-8-15(13)20(27)28-17)24-25-21-23-19(26)18(29-21)11-14-7-3-5-9-16(14)22/h2-9,17-18H,10-11H2,1H3,(H,23,25,26)/b24-12-/t17-,18+/m1/s1. The molecule has 1 saturated heterocycles. The minimum Gasteiger partial charge on any atom is -0.452 e. The number of benzene rings is 2. The van der Waals surface area contributed by atoms with Crippen molar-refractivity contribution in [2.75, 3.05) is 0 Å². The maximum Gasteiger partial charge on any atom is 0.339 e. The van der Waals surface area contributed by atoms with E-state index in [4.69, 9.17) is 16.3 Å². The molecular weight excluding hydrogens is 410 g/mol. The smallest absolute Gasteiger partial charge is 0.339 e. The molecule has 2 aliphatic heterocycles. The average Bonchev–Trinajstić information content (AvgIpc) is 3.07. The molecule has 6 nitrogen and oxygen atoms in total. The monoisotopic (exact) mass is 427 g/mol. The Morgan fingerprint density at radius 1 is 1.21 bits per heavy atom. The number of hydrogen-bond acceptors (Lipinski definition) is 6. The van der Waals surface area contributed by atoms with Crippen LogP contribution in [-0.4, -0.2) is 34.1 Å². The quantitative estimate of drug-likeness (QED) is 0.459. The Balaban J connectivity index is 1.44. The number of carbonyl (C=O) groups is 2. The predicted molar refractivity (Wildman–Crippen MR) is 115 cm³/mol. The number of amidine groups is 1. The van der Waals surface area contributed by atoms with Crippen molar-refractivity contribution in [1.29, 1.82) is 0 Å². The molecule has 8 heteroatoms. The minimum absolute atomic E-state index is 0.125. The van der Waals surface area contributed by atoms with E-state index in [-0.39, 0.29) is 17.1 Å². The van der Waals surface area contributed by atoms with Gasteiger partial charge in [0.25, 0.3) is 0 Å². The van der Waals surface area contributed by atoms with E-state index in [9.17, 15) is 9.59 Å². The second kappa shape index (κ2) is 8.39. The summed E-state index contributed by atoms with van der Waals surface area (Å²) in [4.78, 5) is 24.4. The van der Waals surface area contributed by atoms with Gasteiger partial charge in [-0.25, -0.2) is 4.79 Å². The maximum absolute atomic E-state index is 12.3. The molecule has 0 unspecified atom stereocenters. The van der Waals surface area contributed by atoms with Gasteiger partial charge in [-0.1, -0.05) is 59.8 Å². The van der Waals surface area contributed by atoms with Crippen LogP contribution in [0.2, 0.25) is 5.02 Å². The second-order valence-electron chi connectivity index (χ2n) is 6.79. The number of cyclic esters (lactones) is 1. The molecule has 1 amide bonds. The van der Waals surface area contributed by atoms with Gasteiger partial charge in [-0.3, -0.25) is 4.79 Å². The van der Waals surface area contributed by atoms with E-state index in [2.05, 4.69) is 15.5 Å². The van der Waals surface area contributed by atoms with Gasteiger partial charge in [-0.05, 0) is 36.6 Å². The van der Waals surface area contributed by atoms with Crippen molar-refractivity contribution in [2.45, 2.75) is 31.1 Å². The molecular formula is C21H18ClN3O3S. The first-order valence-electron chi connectivity index (χ1n) is 9.13. The highest BCUT2D eigenvalue weighted by Gasteiger charge is 2.31. The normalized spacial score (nSPS) is 23.0. The summed E-state index contributed by atoms with van der Waals surface area (Å²) < 4.78 is 5.48. The highest BCUT2D eigenvalue weighted by atomic mass is 35.5. The number of rotatable bonds is 4. The SMILES string of the molecule is C/C(=N/N=C1\NC(=O)[C@H](Cc2ccccc2Cl)S1)[C@H]1Cc2ccccc2C(=O)O1. The van der Waals surface area contributed by atoms with Gasteiger partial charge in [0.1, 0.15) is 6.10 Å². The van der Waals surface area contributed by atoms with Crippen LogP contribution < -0.4 is 5.32 Å². The lowest BCUT2D eigenvalue weighted by atomic mass is 9.97. The lowest BCUT2D eigenvalue weighted by Crippen LogP contribution is -2.33. The van der Waals surface area contributed by atoms with E-state index in [0.717, 1.165) is 11.1 Å². The first-order chi connectivity index (χ1) is 14.0. The Kier molecular flexibility index (Phi) is 5.69. The molecule has 2 aromatic rings. The molecule has 148 valence electrons. The molecule has 2 aromatic carbocycles.